The van der Waals surface area contributed by atoms with E-state index >= 15 is 0 Å². The van der Waals surface area contributed by atoms with Crippen molar-refractivity contribution >= 4 is 5.96 Å². The van der Waals surface area contributed by atoms with Gasteiger partial charge in [0, 0.05) is 38.6 Å². The first kappa shape index (κ1) is 14.9. The van der Waals surface area contributed by atoms with Gasteiger partial charge < -0.3 is 14.8 Å². The minimum absolute atomic E-state index is 0.445. The molecule has 2 heterocycles. The molecule has 0 saturated carbocycles. The molecule has 0 radical (unpaired) electrons. The van der Waals surface area contributed by atoms with Crippen LogP contribution in [-0.2, 0) is 6.54 Å². The fourth-order valence-corrected chi connectivity index (χ4v) is 2.61. The smallest absolute Gasteiger partial charge is 0.193 e. The number of aromatic nitrogens is 2. The van der Waals surface area contributed by atoms with Gasteiger partial charge in [0.15, 0.2) is 5.96 Å². The first-order chi connectivity index (χ1) is 9.67. The standard InChI is InChI=1S/C15H27N5/c1-4-15(3)6-9-20(12-15)14(17-5-2)18-8-11-19-10-7-16-13-19/h7,10,13H,4-6,8-9,11-12H2,1-3H3,(H,17,18). The van der Waals surface area contributed by atoms with Crippen LogP contribution in [0.1, 0.15) is 33.6 Å². The van der Waals surface area contributed by atoms with E-state index in [1.165, 1.54) is 12.8 Å². The molecule has 1 aromatic heterocycles. The van der Waals surface area contributed by atoms with Gasteiger partial charge in [-0.2, -0.15) is 0 Å². The minimum Gasteiger partial charge on any atom is -0.357 e. The molecule has 1 N–H and O–H groups in total. The first-order valence-electron chi connectivity index (χ1n) is 7.66. The van der Waals surface area contributed by atoms with E-state index in [1.54, 1.807) is 0 Å². The lowest BCUT2D eigenvalue weighted by Crippen LogP contribution is -2.41. The Labute approximate surface area is 122 Å². The fraction of sp³-hybridized carbons (Fsp3) is 0.733. The first-order valence-corrected chi connectivity index (χ1v) is 7.66. The minimum atomic E-state index is 0.445. The maximum atomic E-state index is 4.75. The van der Waals surface area contributed by atoms with E-state index in [4.69, 9.17) is 4.99 Å². The summed E-state index contributed by atoms with van der Waals surface area (Å²) >= 11 is 0. The van der Waals surface area contributed by atoms with Crippen LogP contribution in [0.15, 0.2) is 23.7 Å². The number of nitrogens with one attached hydrogen (secondary N) is 1. The van der Waals surface area contributed by atoms with Crippen molar-refractivity contribution in [3.05, 3.63) is 18.7 Å². The average Bonchev–Trinajstić information content (AvgIpc) is 3.08. The van der Waals surface area contributed by atoms with E-state index in [9.17, 15) is 0 Å². The molecule has 2 rings (SSSR count). The maximum absolute atomic E-state index is 4.75. The van der Waals surface area contributed by atoms with Gasteiger partial charge in [-0.1, -0.05) is 13.8 Å². The van der Waals surface area contributed by atoms with Crippen molar-refractivity contribution in [2.24, 2.45) is 10.4 Å². The quantitative estimate of drug-likeness (QED) is 0.661. The molecule has 1 fully saturated rings. The summed E-state index contributed by atoms with van der Waals surface area (Å²) in [5.41, 5.74) is 0.445. The second kappa shape index (κ2) is 6.77. The molecule has 5 heteroatoms. The summed E-state index contributed by atoms with van der Waals surface area (Å²) in [6, 6.07) is 0. The third-order valence-electron chi connectivity index (χ3n) is 4.22. The van der Waals surface area contributed by atoms with Crippen molar-refractivity contribution in [2.45, 2.75) is 40.2 Å². The topological polar surface area (TPSA) is 45.5 Å². The Bertz CT molecular complexity index is 425. The Balaban J connectivity index is 1.92. The molecule has 0 aromatic carbocycles. The summed E-state index contributed by atoms with van der Waals surface area (Å²) in [5, 5.41) is 3.42. The molecular weight excluding hydrogens is 250 g/mol. The molecule has 1 aliphatic heterocycles. The summed E-state index contributed by atoms with van der Waals surface area (Å²) in [5.74, 6) is 1.06. The van der Waals surface area contributed by atoms with Crippen LogP contribution < -0.4 is 5.32 Å². The van der Waals surface area contributed by atoms with Crippen LogP contribution in [0.5, 0.6) is 0 Å². The van der Waals surface area contributed by atoms with Crippen LogP contribution in [-0.4, -0.2) is 46.6 Å². The lowest BCUT2D eigenvalue weighted by Gasteiger charge is -2.25. The molecule has 1 aliphatic rings. The Kier molecular flexibility index (Phi) is 5.04. The van der Waals surface area contributed by atoms with Gasteiger partial charge in [-0.05, 0) is 25.2 Å². The lowest BCUT2D eigenvalue weighted by molar-refractivity contribution is 0.322. The van der Waals surface area contributed by atoms with Crippen LogP contribution in [0, 0.1) is 5.41 Å². The Morgan fingerprint density at radius 3 is 2.90 bits per heavy atom. The van der Waals surface area contributed by atoms with Crippen molar-refractivity contribution in [1.82, 2.24) is 19.8 Å². The van der Waals surface area contributed by atoms with Crippen LogP contribution in [0.4, 0.5) is 0 Å². The van der Waals surface area contributed by atoms with Gasteiger partial charge >= 0.3 is 0 Å². The van der Waals surface area contributed by atoms with E-state index in [1.807, 2.05) is 18.7 Å². The molecule has 1 saturated heterocycles. The second-order valence-electron chi connectivity index (χ2n) is 5.87. The SMILES string of the molecule is CCNC(=NCCn1ccnc1)N1CCC(C)(CC)C1. The van der Waals surface area contributed by atoms with Gasteiger partial charge in [0.2, 0.25) is 0 Å². The van der Waals surface area contributed by atoms with E-state index in [-0.39, 0.29) is 0 Å². The predicted molar refractivity (Wildman–Crippen MR) is 82.8 cm³/mol. The molecule has 5 nitrogen and oxygen atoms in total. The number of guanidine groups is 1. The van der Waals surface area contributed by atoms with Crippen molar-refractivity contribution in [3.8, 4) is 0 Å². The third kappa shape index (κ3) is 3.74. The highest BCUT2D eigenvalue weighted by atomic mass is 15.3. The van der Waals surface area contributed by atoms with Gasteiger partial charge in [0.25, 0.3) is 0 Å². The van der Waals surface area contributed by atoms with Gasteiger partial charge in [-0.15, -0.1) is 0 Å². The van der Waals surface area contributed by atoms with Crippen molar-refractivity contribution in [2.75, 3.05) is 26.2 Å². The molecule has 0 spiro atoms. The van der Waals surface area contributed by atoms with Crippen molar-refractivity contribution < 1.29 is 0 Å². The normalized spacial score (nSPS) is 23.4. The molecule has 0 amide bonds. The molecule has 1 unspecified atom stereocenters. The Morgan fingerprint density at radius 1 is 1.45 bits per heavy atom. The largest absolute Gasteiger partial charge is 0.357 e. The van der Waals surface area contributed by atoms with Gasteiger partial charge in [-0.3, -0.25) is 4.99 Å². The summed E-state index contributed by atoms with van der Waals surface area (Å²) in [4.78, 5) is 11.2. The highest BCUT2D eigenvalue weighted by molar-refractivity contribution is 5.80. The molecular formula is C15H27N5. The van der Waals surface area contributed by atoms with Gasteiger partial charge in [0.05, 0.1) is 12.9 Å². The fourth-order valence-electron chi connectivity index (χ4n) is 2.61. The molecule has 0 bridgehead atoms. The second-order valence-corrected chi connectivity index (χ2v) is 5.87. The highest BCUT2D eigenvalue weighted by Crippen LogP contribution is 2.32. The van der Waals surface area contributed by atoms with Crippen LogP contribution >= 0.6 is 0 Å². The van der Waals surface area contributed by atoms with Crippen molar-refractivity contribution in [1.29, 1.82) is 0 Å². The number of nitrogens with zero attached hydrogens (tertiary/aromatic N) is 4. The number of rotatable bonds is 5. The van der Waals surface area contributed by atoms with E-state index in [2.05, 4.69) is 40.5 Å². The number of likely N-dealkylation sites (tertiary alicyclic amines) is 1. The van der Waals surface area contributed by atoms with Crippen LogP contribution in [0.2, 0.25) is 0 Å². The zero-order valence-corrected chi connectivity index (χ0v) is 13.0. The van der Waals surface area contributed by atoms with Crippen LogP contribution in [0.3, 0.4) is 0 Å². The zero-order valence-electron chi connectivity index (χ0n) is 13.0. The summed E-state index contributed by atoms with van der Waals surface area (Å²) in [6.45, 7) is 11.6. The number of imidazole rings is 1. The molecule has 20 heavy (non-hydrogen) atoms. The van der Waals surface area contributed by atoms with Gasteiger partial charge in [0.1, 0.15) is 0 Å². The van der Waals surface area contributed by atoms with Crippen molar-refractivity contribution in [3.63, 3.8) is 0 Å². The van der Waals surface area contributed by atoms with Gasteiger partial charge in [-0.25, -0.2) is 4.98 Å². The maximum Gasteiger partial charge on any atom is 0.193 e. The van der Waals surface area contributed by atoms with Crippen LogP contribution in [0.25, 0.3) is 0 Å². The van der Waals surface area contributed by atoms with E-state index < -0.39 is 0 Å². The predicted octanol–water partition coefficient (Wildman–Crippen LogP) is 1.97. The molecule has 1 aromatic rings. The monoisotopic (exact) mass is 277 g/mol. The number of hydrogen-bond donors (Lipinski definition) is 1. The summed E-state index contributed by atoms with van der Waals surface area (Å²) < 4.78 is 2.06. The van der Waals surface area contributed by atoms with E-state index in [0.717, 1.165) is 38.7 Å². The molecule has 0 aliphatic carbocycles. The Hall–Kier alpha value is -1.52. The Morgan fingerprint density at radius 2 is 2.30 bits per heavy atom. The molecule has 1 atom stereocenters. The summed E-state index contributed by atoms with van der Waals surface area (Å²) in [6.07, 6.45) is 8.12. The zero-order chi connectivity index (χ0) is 14.4. The number of hydrogen-bond acceptors (Lipinski definition) is 2. The number of aliphatic imine (C=N–C) groups is 1. The third-order valence-corrected chi connectivity index (χ3v) is 4.22. The summed E-state index contributed by atoms with van der Waals surface area (Å²) in [7, 11) is 0. The average molecular weight is 277 g/mol. The van der Waals surface area contributed by atoms with E-state index in [0.29, 0.717) is 5.41 Å². The highest BCUT2D eigenvalue weighted by Gasteiger charge is 2.33. The lowest BCUT2D eigenvalue weighted by atomic mass is 9.87. The molecule has 112 valence electrons.